The molecule has 0 N–H and O–H groups in total. The van der Waals surface area contributed by atoms with Crippen molar-refractivity contribution in [3.8, 4) is 11.5 Å². The molecule has 2 unspecified atom stereocenters. The molecule has 2 aliphatic rings. The molecule has 0 radical (unpaired) electrons. The topological polar surface area (TPSA) is 102 Å². The normalized spacial score (nSPS) is 24.4. The summed E-state index contributed by atoms with van der Waals surface area (Å²) in [5, 5.41) is 0. The number of benzene rings is 2. The molecule has 0 aromatic heterocycles. The van der Waals surface area contributed by atoms with Crippen molar-refractivity contribution in [2.75, 3.05) is 52.9 Å². The quantitative estimate of drug-likeness (QED) is 0.245. The lowest BCUT2D eigenvalue weighted by atomic mass is 9.72. The average molecular weight is 809 g/mol. The maximum absolute atomic E-state index is 6.92. The van der Waals surface area contributed by atoms with E-state index in [1.807, 2.05) is 24.3 Å². The van der Waals surface area contributed by atoms with Gasteiger partial charge in [0, 0.05) is 0 Å². The Labute approximate surface area is 316 Å². The molecule has 0 saturated heterocycles. The number of rotatable bonds is 8. The Bertz CT molecular complexity index is 1520. The second-order valence-electron chi connectivity index (χ2n) is 16.7. The van der Waals surface area contributed by atoms with E-state index in [1.165, 1.54) is 11.1 Å². The number of fused-ring (bicyclic) bond motifs is 1. The van der Waals surface area contributed by atoms with Gasteiger partial charge in [-0.25, -0.2) is 0 Å². The minimum Gasteiger partial charge on any atom is -0.422 e. The molecular formula is C36H58Cl2N3O7P3. The molecule has 0 spiro atoms. The van der Waals surface area contributed by atoms with Crippen LogP contribution in [0, 0.1) is 10.8 Å². The van der Waals surface area contributed by atoms with Crippen LogP contribution in [0.2, 0.25) is 0 Å². The molecule has 4 rings (SSSR count). The van der Waals surface area contributed by atoms with Gasteiger partial charge < -0.3 is 23.3 Å². The van der Waals surface area contributed by atoms with Crippen LogP contribution in [-0.4, -0.2) is 52.9 Å². The smallest absolute Gasteiger partial charge is 0.401 e. The first-order chi connectivity index (χ1) is 23.6. The van der Waals surface area contributed by atoms with Crippen molar-refractivity contribution in [3.63, 3.8) is 0 Å². The lowest BCUT2D eigenvalue weighted by molar-refractivity contribution is 0.00460. The molecule has 10 nitrogen and oxygen atoms in total. The summed E-state index contributed by atoms with van der Waals surface area (Å²) in [5.74, 6) is -2.49. The number of hydrogen-bond donors (Lipinski definition) is 0. The van der Waals surface area contributed by atoms with Crippen LogP contribution < -0.4 is 9.05 Å². The summed E-state index contributed by atoms with van der Waals surface area (Å²) in [6.07, 6.45) is 2.01. The molecule has 51 heavy (non-hydrogen) atoms. The van der Waals surface area contributed by atoms with Gasteiger partial charge in [-0.2, -0.15) is 9.03 Å². The Kier molecular flexibility index (Phi) is 14.5. The predicted octanol–water partition coefficient (Wildman–Crippen LogP) is 13.0. The van der Waals surface area contributed by atoms with E-state index in [1.54, 1.807) is 0 Å². The minimum absolute atomic E-state index is 0.0584. The molecule has 15 heteroatoms. The van der Waals surface area contributed by atoms with Crippen LogP contribution >= 0.6 is 43.7 Å². The van der Waals surface area contributed by atoms with Gasteiger partial charge >= 0.3 is 15.3 Å². The van der Waals surface area contributed by atoms with E-state index in [0.29, 0.717) is 37.9 Å². The summed E-state index contributed by atoms with van der Waals surface area (Å²) in [7, 11) is -7.28. The highest BCUT2D eigenvalue weighted by atomic mass is 35.9. The maximum atomic E-state index is 6.92. The Balaban J connectivity index is 1.76. The highest BCUT2D eigenvalue weighted by Crippen LogP contribution is 2.82. The summed E-state index contributed by atoms with van der Waals surface area (Å²) in [6.45, 7) is 24.8. The second-order valence-corrected chi connectivity index (χ2v) is 25.9. The first-order valence-corrected chi connectivity index (χ1v) is 24.1. The predicted molar refractivity (Wildman–Crippen MR) is 212 cm³/mol. The Morgan fingerprint density at radius 2 is 0.843 bits per heavy atom. The van der Waals surface area contributed by atoms with Crippen molar-refractivity contribution in [3.05, 3.63) is 59.7 Å². The third-order valence-electron chi connectivity index (χ3n) is 8.05. The molecule has 2 aliphatic heterocycles. The van der Waals surface area contributed by atoms with Gasteiger partial charge in [0.25, 0.3) is 5.91 Å². The molecule has 0 saturated carbocycles. The monoisotopic (exact) mass is 807 g/mol. The SMILES string of the molecule is CC(C)(C)CC(C)(C)c1ccc(OP23=NP(Cl)(Cl)=NP(Oc4ccc(C(C)(C)CC(C)(C)C)cc4)(=N2)OCCOCCOCCOCCO3)cc1. The molecule has 0 amide bonds. The van der Waals surface area contributed by atoms with Gasteiger partial charge in [-0.15, -0.1) is 4.52 Å². The number of ether oxygens (including phenoxy) is 3. The Morgan fingerprint density at radius 1 is 0.510 bits per heavy atom. The maximum Gasteiger partial charge on any atom is 0.401 e. The van der Waals surface area contributed by atoms with E-state index >= 15 is 0 Å². The van der Waals surface area contributed by atoms with E-state index in [0.717, 1.165) is 12.8 Å². The summed E-state index contributed by atoms with van der Waals surface area (Å²) in [5.41, 5.74) is 2.57. The highest BCUT2D eigenvalue weighted by Gasteiger charge is 2.42. The number of hydrogen-bond acceptors (Lipinski definition) is 10. The van der Waals surface area contributed by atoms with Crippen LogP contribution in [0.1, 0.15) is 93.2 Å². The summed E-state index contributed by atoms with van der Waals surface area (Å²) >= 11 is 13.8. The van der Waals surface area contributed by atoms with Crippen LogP contribution in [0.25, 0.3) is 0 Å². The second kappa shape index (κ2) is 17.3. The molecule has 2 bridgehead atoms. The molecule has 2 heterocycles. The van der Waals surface area contributed by atoms with E-state index in [-0.39, 0.29) is 48.1 Å². The number of halogens is 2. The van der Waals surface area contributed by atoms with Crippen molar-refractivity contribution < 1.29 is 32.3 Å². The largest absolute Gasteiger partial charge is 0.422 e. The third kappa shape index (κ3) is 13.7. The Hall–Kier alpha value is -0.890. The Morgan fingerprint density at radius 3 is 1.20 bits per heavy atom. The van der Waals surface area contributed by atoms with Crippen molar-refractivity contribution in [2.24, 2.45) is 24.4 Å². The van der Waals surface area contributed by atoms with Crippen molar-refractivity contribution >= 4 is 43.7 Å². The first-order valence-electron chi connectivity index (χ1n) is 17.5. The highest BCUT2D eigenvalue weighted by molar-refractivity contribution is 8.13. The molecular weight excluding hydrogens is 750 g/mol. The van der Waals surface area contributed by atoms with Crippen LogP contribution in [0.4, 0.5) is 0 Å². The number of nitrogens with zero attached hydrogens (tertiary/aromatic N) is 3. The van der Waals surface area contributed by atoms with Crippen LogP contribution in [0.3, 0.4) is 0 Å². The van der Waals surface area contributed by atoms with Crippen molar-refractivity contribution in [1.29, 1.82) is 0 Å². The van der Waals surface area contributed by atoms with Gasteiger partial charge in [-0.3, -0.25) is 9.05 Å². The van der Waals surface area contributed by atoms with Gasteiger partial charge in [0.05, 0.1) is 52.9 Å². The van der Waals surface area contributed by atoms with Gasteiger partial charge in [-0.1, -0.05) is 93.5 Å². The van der Waals surface area contributed by atoms with Gasteiger partial charge in [0.1, 0.15) is 11.5 Å². The summed E-state index contributed by atoms with van der Waals surface area (Å²) in [4.78, 5) is 0. The van der Waals surface area contributed by atoms with Crippen molar-refractivity contribution in [1.82, 2.24) is 0 Å². The summed E-state index contributed by atoms with van der Waals surface area (Å²) in [6, 6.07) is 15.9. The fraction of sp³-hybridized carbons (Fsp3) is 0.667. The molecule has 0 aliphatic carbocycles. The zero-order chi connectivity index (χ0) is 37.6. The lowest BCUT2D eigenvalue weighted by Crippen LogP contribution is -2.24. The van der Waals surface area contributed by atoms with Crippen molar-refractivity contribution in [2.45, 2.75) is 92.9 Å². The fourth-order valence-electron chi connectivity index (χ4n) is 6.73. The zero-order valence-corrected chi connectivity index (χ0v) is 36.2. The molecule has 2 atom stereocenters. The molecule has 288 valence electrons. The van der Waals surface area contributed by atoms with Crippen LogP contribution in [0.15, 0.2) is 62.1 Å². The molecule has 2 aromatic carbocycles. The molecule has 2 aromatic rings. The van der Waals surface area contributed by atoms with Gasteiger partial charge in [0.15, 0.2) is 0 Å². The average Bonchev–Trinajstić information content (AvgIpc) is 2.96. The van der Waals surface area contributed by atoms with E-state index < -0.39 is 21.2 Å². The standard InChI is InChI=1S/C36H58Cl2N3O7P3/c1-33(2,3)27-35(7,8)29-11-15-31(16-12-29)47-50-39-49(37,38)40-51(41-50,46-26-24-44-22-20-42-19-21-43-23-25-45-50)48-32-17-13-30(14-18-32)36(9,10)28-34(4,5)6/h11-18H,19-28H2,1-10H3. The van der Waals surface area contributed by atoms with Crippen LogP contribution in [0.5, 0.6) is 11.5 Å². The van der Waals surface area contributed by atoms with Gasteiger partial charge in [-0.05, 0) is 92.4 Å². The minimum atomic E-state index is -3.64. The summed E-state index contributed by atoms with van der Waals surface area (Å²) < 4.78 is 57.5. The third-order valence-corrected chi connectivity index (χ3v) is 17.8. The fourth-order valence-corrected chi connectivity index (χ4v) is 17.5. The molecule has 0 fully saturated rings. The van der Waals surface area contributed by atoms with Gasteiger partial charge in [0.2, 0.25) is 0 Å². The van der Waals surface area contributed by atoms with E-state index in [4.69, 9.17) is 59.3 Å². The van der Waals surface area contributed by atoms with E-state index in [2.05, 4.69) is 103 Å². The lowest BCUT2D eigenvalue weighted by Gasteiger charge is -2.33. The van der Waals surface area contributed by atoms with E-state index in [9.17, 15) is 0 Å². The first kappa shape index (κ1) is 42.8. The van der Waals surface area contributed by atoms with Crippen LogP contribution in [-0.2, 0) is 34.1 Å². The zero-order valence-electron chi connectivity index (χ0n) is 32.0.